The van der Waals surface area contributed by atoms with Crippen molar-refractivity contribution in [2.75, 3.05) is 40.0 Å². The minimum Gasteiger partial charge on any atom is -0.264 e. The molecule has 0 saturated carbocycles. The first-order valence-electron chi connectivity index (χ1n) is 3.79. The average molecular weight is 213 g/mol. The van der Waals surface area contributed by atoms with Crippen LogP contribution in [0.15, 0.2) is 0 Å². The molecule has 0 atom stereocenters. The minimum absolute atomic E-state index is 0. The lowest BCUT2D eigenvalue weighted by atomic mass is 10.4. The van der Waals surface area contributed by atoms with Crippen molar-refractivity contribution in [3.8, 4) is 0 Å². The second-order valence-electron chi connectivity index (χ2n) is 3.53. The van der Waals surface area contributed by atoms with Gasteiger partial charge in [0, 0.05) is 0 Å². The van der Waals surface area contributed by atoms with Crippen LogP contribution in [0.3, 0.4) is 0 Å². The molecule has 4 nitrogen and oxygen atoms in total. The van der Waals surface area contributed by atoms with Crippen LogP contribution >= 0.6 is 24.8 Å². The molecule has 0 unspecified atom stereocenters. The second-order valence-corrected chi connectivity index (χ2v) is 3.53. The number of hydrogen-bond acceptors (Lipinski definition) is 4. The summed E-state index contributed by atoms with van der Waals surface area (Å²) < 4.78 is 0. The van der Waals surface area contributed by atoms with Gasteiger partial charge in [-0.1, -0.05) is 0 Å². The molecule has 4 heterocycles. The Morgan fingerprint density at radius 3 is 0.750 bits per heavy atom. The van der Waals surface area contributed by atoms with Gasteiger partial charge in [-0.05, 0) is 0 Å². The standard InChI is InChI=1S/C6H12N4.2ClH/c1-7-2-9-4-8(1)5-10(3-7)6-9;;/h1-6H2;2*1H. The molecule has 0 radical (unpaired) electrons. The fraction of sp³-hybridized carbons (Fsp3) is 1.00. The lowest BCUT2D eigenvalue weighted by molar-refractivity contribution is -0.194. The molecule has 4 rings (SSSR count). The molecule has 4 aliphatic rings. The Balaban J connectivity index is 0.000000360. The summed E-state index contributed by atoms with van der Waals surface area (Å²) >= 11 is 0. The van der Waals surface area contributed by atoms with Crippen molar-refractivity contribution < 1.29 is 0 Å². The number of hydrogen-bond donors (Lipinski definition) is 0. The van der Waals surface area contributed by atoms with Gasteiger partial charge in [-0.25, -0.2) is 0 Å². The molecule has 72 valence electrons. The molecule has 4 aliphatic heterocycles. The lowest BCUT2D eigenvalue weighted by Gasteiger charge is -2.56. The zero-order valence-corrected chi connectivity index (χ0v) is 8.48. The summed E-state index contributed by atoms with van der Waals surface area (Å²) in [6.07, 6.45) is 0. The molecule has 0 spiro atoms. The Kier molecular flexibility index (Phi) is 3.20. The van der Waals surface area contributed by atoms with Crippen LogP contribution in [-0.4, -0.2) is 59.6 Å². The number of nitrogens with zero attached hydrogens (tertiary/aromatic N) is 4. The van der Waals surface area contributed by atoms with Gasteiger partial charge in [0.05, 0.1) is 40.0 Å². The highest BCUT2D eigenvalue weighted by atomic mass is 35.5. The Morgan fingerprint density at radius 1 is 0.417 bits per heavy atom. The van der Waals surface area contributed by atoms with Gasteiger partial charge in [-0.3, -0.25) is 19.6 Å². The molecule has 4 saturated heterocycles. The maximum atomic E-state index is 2.47. The molecule has 6 heteroatoms. The van der Waals surface area contributed by atoms with Crippen LogP contribution in [0.1, 0.15) is 0 Å². The minimum atomic E-state index is 0. The van der Waals surface area contributed by atoms with Crippen molar-refractivity contribution in [3.05, 3.63) is 0 Å². The van der Waals surface area contributed by atoms with Gasteiger partial charge >= 0.3 is 0 Å². The van der Waals surface area contributed by atoms with Crippen LogP contribution in [-0.2, 0) is 0 Å². The summed E-state index contributed by atoms with van der Waals surface area (Å²) in [5.41, 5.74) is 0. The summed E-state index contributed by atoms with van der Waals surface area (Å²) in [6, 6.07) is 0. The number of rotatable bonds is 0. The van der Waals surface area contributed by atoms with E-state index in [1.807, 2.05) is 0 Å². The summed E-state index contributed by atoms with van der Waals surface area (Å²) in [5, 5.41) is 0. The first-order chi connectivity index (χ1) is 4.90. The molecular weight excluding hydrogens is 199 g/mol. The topological polar surface area (TPSA) is 13.0 Å². The van der Waals surface area contributed by atoms with Crippen LogP contribution < -0.4 is 0 Å². The van der Waals surface area contributed by atoms with E-state index < -0.39 is 0 Å². The van der Waals surface area contributed by atoms with Crippen molar-refractivity contribution in [2.45, 2.75) is 0 Å². The van der Waals surface area contributed by atoms with E-state index in [2.05, 4.69) is 19.6 Å². The molecule has 4 fully saturated rings. The molecule has 0 aromatic heterocycles. The van der Waals surface area contributed by atoms with Gasteiger partial charge in [0.25, 0.3) is 0 Å². The van der Waals surface area contributed by atoms with Crippen molar-refractivity contribution in [1.82, 2.24) is 19.6 Å². The smallest absolute Gasteiger partial charge is 0.0555 e. The van der Waals surface area contributed by atoms with Crippen LogP contribution in [0.5, 0.6) is 0 Å². The predicted octanol–water partition coefficient (Wildman–Crippen LogP) is -0.176. The van der Waals surface area contributed by atoms with Crippen molar-refractivity contribution in [3.63, 3.8) is 0 Å². The van der Waals surface area contributed by atoms with Crippen LogP contribution in [0.25, 0.3) is 0 Å². The molecule has 0 N–H and O–H groups in total. The fourth-order valence-corrected chi connectivity index (χ4v) is 2.23. The maximum Gasteiger partial charge on any atom is 0.0555 e. The first-order valence-corrected chi connectivity index (χ1v) is 3.79. The Bertz CT molecular complexity index is 109. The summed E-state index contributed by atoms with van der Waals surface area (Å²) in [7, 11) is 0. The van der Waals surface area contributed by atoms with Crippen LogP contribution in [0.2, 0.25) is 0 Å². The van der Waals surface area contributed by atoms with E-state index in [1.165, 1.54) is 40.0 Å². The predicted molar refractivity (Wildman–Crippen MR) is 51.1 cm³/mol. The highest BCUT2D eigenvalue weighted by Crippen LogP contribution is 2.20. The third kappa shape index (κ3) is 1.55. The zero-order valence-electron chi connectivity index (χ0n) is 6.85. The Morgan fingerprint density at radius 2 is 0.583 bits per heavy atom. The van der Waals surface area contributed by atoms with E-state index in [-0.39, 0.29) is 24.8 Å². The molecule has 0 amide bonds. The van der Waals surface area contributed by atoms with Crippen molar-refractivity contribution in [2.24, 2.45) is 0 Å². The van der Waals surface area contributed by atoms with E-state index in [1.54, 1.807) is 0 Å². The third-order valence-corrected chi connectivity index (χ3v) is 2.40. The molecule has 12 heavy (non-hydrogen) atoms. The molecule has 0 aromatic rings. The van der Waals surface area contributed by atoms with E-state index in [4.69, 9.17) is 0 Å². The van der Waals surface area contributed by atoms with E-state index in [9.17, 15) is 0 Å². The summed E-state index contributed by atoms with van der Waals surface area (Å²) in [4.78, 5) is 9.88. The van der Waals surface area contributed by atoms with Crippen molar-refractivity contribution >= 4 is 24.8 Å². The molecular formula is C6H14Cl2N4. The first kappa shape index (κ1) is 10.5. The quantitative estimate of drug-likeness (QED) is 0.553. The fourth-order valence-electron chi connectivity index (χ4n) is 2.23. The van der Waals surface area contributed by atoms with E-state index in [0.717, 1.165) is 0 Å². The zero-order chi connectivity index (χ0) is 6.55. The van der Waals surface area contributed by atoms with Gasteiger partial charge < -0.3 is 0 Å². The van der Waals surface area contributed by atoms with E-state index >= 15 is 0 Å². The average Bonchev–Trinajstić information content (AvgIpc) is 1.82. The van der Waals surface area contributed by atoms with Gasteiger partial charge in [0.1, 0.15) is 0 Å². The lowest BCUT2D eigenvalue weighted by Crippen LogP contribution is -2.71. The Labute approximate surface area is 84.9 Å². The number of halogens is 2. The third-order valence-electron chi connectivity index (χ3n) is 2.40. The van der Waals surface area contributed by atoms with Crippen LogP contribution in [0.4, 0.5) is 0 Å². The largest absolute Gasteiger partial charge is 0.264 e. The van der Waals surface area contributed by atoms with Gasteiger partial charge in [0.15, 0.2) is 0 Å². The summed E-state index contributed by atoms with van der Waals surface area (Å²) in [5.74, 6) is 0. The van der Waals surface area contributed by atoms with Gasteiger partial charge in [-0.15, -0.1) is 24.8 Å². The normalized spacial score (nSPS) is 48.0. The molecule has 0 aromatic carbocycles. The SMILES string of the molecule is C1N2CN3CN1CN(C2)C3.Cl.Cl. The summed E-state index contributed by atoms with van der Waals surface area (Å²) in [6.45, 7) is 7.12. The Hall–Kier alpha value is 0.420. The monoisotopic (exact) mass is 212 g/mol. The molecule has 0 aliphatic carbocycles. The molecule has 4 bridgehead atoms. The van der Waals surface area contributed by atoms with Crippen molar-refractivity contribution in [1.29, 1.82) is 0 Å². The van der Waals surface area contributed by atoms with Gasteiger partial charge in [0.2, 0.25) is 0 Å². The van der Waals surface area contributed by atoms with Gasteiger partial charge in [-0.2, -0.15) is 0 Å². The van der Waals surface area contributed by atoms with E-state index in [0.29, 0.717) is 0 Å². The van der Waals surface area contributed by atoms with Crippen LogP contribution in [0, 0.1) is 0 Å². The maximum absolute atomic E-state index is 2.47. The highest BCUT2D eigenvalue weighted by Gasteiger charge is 2.36. The highest BCUT2D eigenvalue weighted by molar-refractivity contribution is 5.85. The second kappa shape index (κ2) is 3.65.